The number of phenols is 1. The first-order valence-electron chi connectivity index (χ1n) is 13.7. The molecule has 1 amide bonds. The van der Waals surface area contributed by atoms with Crippen molar-refractivity contribution >= 4 is 21.4 Å². The maximum atomic E-state index is 13.0. The van der Waals surface area contributed by atoms with Gasteiger partial charge in [0.1, 0.15) is 11.5 Å². The minimum Gasteiger partial charge on any atom is -0.508 e. The summed E-state index contributed by atoms with van der Waals surface area (Å²) < 4.78 is 31.9. The van der Waals surface area contributed by atoms with Crippen molar-refractivity contribution in [1.29, 1.82) is 0 Å². The number of carbonyl (C=O) groups is 1. The lowest BCUT2D eigenvalue weighted by atomic mass is 10.1. The van der Waals surface area contributed by atoms with Crippen LogP contribution >= 0.6 is 0 Å². The molecule has 0 aromatic heterocycles. The Hall–Kier alpha value is -3.52. The van der Waals surface area contributed by atoms with Crippen LogP contribution in [-0.2, 0) is 14.6 Å². The van der Waals surface area contributed by atoms with Gasteiger partial charge in [-0.3, -0.25) is 15.6 Å². The first-order valence-corrected chi connectivity index (χ1v) is 15.2. The number of aromatic hydroxyl groups is 1. The van der Waals surface area contributed by atoms with Crippen LogP contribution in [0.2, 0.25) is 0 Å². The van der Waals surface area contributed by atoms with Crippen molar-refractivity contribution in [3.8, 4) is 11.5 Å². The predicted octanol–water partition coefficient (Wildman–Crippen LogP) is 6.95. The van der Waals surface area contributed by atoms with E-state index in [-0.39, 0.29) is 21.4 Å². The number of hydrogen-bond donors (Lipinski definition) is 3. The Kier molecular flexibility index (Phi) is 11.7. The molecule has 0 saturated carbocycles. The molecule has 0 spiro atoms. The quantitative estimate of drug-likeness (QED) is 0.131. The first kappa shape index (κ1) is 30.0. The number of nitrogens with one attached hydrogen (secondary N) is 2. The molecule has 8 heteroatoms. The number of benzene rings is 3. The summed E-state index contributed by atoms with van der Waals surface area (Å²) in [6.45, 7) is 4.21. The van der Waals surface area contributed by atoms with Crippen molar-refractivity contribution in [1.82, 2.24) is 5.43 Å². The maximum absolute atomic E-state index is 13.0. The summed E-state index contributed by atoms with van der Waals surface area (Å²) in [6.07, 6.45) is 9.03. The zero-order valence-electron chi connectivity index (χ0n) is 22.9. The van der Waals surface area contributed by atoms with Crippen LogP contribution in [0.4, 0.5) is 5.69 Å². The highest BCUT2D eigenvalue weighted by atomic mass is 32.2. The Morgan fingerprint density at radius 3 is 1.92 bits per heavy atom. The molecular formula is C31H40N2O5S. The summed E-state index contributed by atoms with van der Waals surface area (Å²) in [7, 11) is -3.74. The molecular weight excluding hydrogens is 512 g/mol. The number of ether oxygens (including phenoxy) is 1. The Morgan fingerprint density at radius 1 is 0.795 bits per heavy atom. The number of amides is 1. The molecule has 3 aromatic rings. The highest BCUT2D eigenvalue weighted by Gasteiger charge is 2.22. The van der Waals surface area contributed by atoms with Gasteiger partial charge in [0.25, 0.3) is 5.91 Å². The maximum Gasteiger partial charge on any atom is 0.279 e. The highest BCUT2D eigenvalue weighted by molar-refractivity contribution is 7.91. The van der Waals surface area contributed by atoms with Gasteiger partial charge in [0.2, 0.25) is 9.84 Å². The average Bonchev–Trinajstić information content (AvgIpc) is 2.94. The molecule has 0 aliphatic rings. The van der Waals surface area contributed by atoms with Crippen LogP contribution < -0.4 is 15.6 Å². The summed E-state index contributed by atoms with van der Waals surface area (Å²) in [5, 5.41) is 9.46. The number of rotatable bonds is 16. The van der Waals surface area contributed by atoms with E-state index in [1.165, 1.54) is 68.5 Å². The first-order chi connectivity index (χ1) is 18.8. The van der Waals surface area contributed by atoms with Crippen LogP contribution in [0.1, 0.15) is 70.3 Å². The second-order valence-corrected chi connectivity index (χ2v) is 11.8. The van der Waals surface area contributed by atoms with Gasteiger partial charge in [-0.25, -0.2) is 8.42 Å². The summed E-state index contributed by atoms with van der Waals surface area (Å²) in [5.41, 5.74) is 7.58. The number of hydrazine groups is 1. The van der Waals surface area contributed by atoms with Crippen molar-refractivity contribution in [2.24, 2.45) is 0 Å². The molecule has 0 aliphatic heterocycles. The Bertz CT molecular complexity index is 1260. The third-order valence-corrected chi connectivity index (χ3v) is 8.34. The smallest absolute Gasteiger partial charge is 0.279 e. The lowest BCUT2D eigenvalue weighted by molar-refractivity contribution is -0.127. The molecule has 1 atom stereocenters. The molecule has 3 N–H and O–H groups in total. The minimum absolute atomic E-state index is 0.00428. The monoisotopic (exact) mass is 552 g/mol. The van der Waals surface area contributed by atoms with Crippen LogP contribution in [0.3, 0.4) is 0 Å². The topological polar surface area (TPSA) is 105 Å². The molecule has 39 heavy (non-hydrogen) atoms. The summed E-state index contributed by atoms with van der Waals surface area (Å²) >= 11 is 0. The Labute approximate surface area is 232 Å². The SMILES string of the molecule is CCCCCCCCCCC(Oc1ccc(S(=O)(=O)c2ccc(O)cc2)cc1)C(=O)NNc1ccc(C)cc1. The lowest BCUT2D eigenvalue weighted by Gasteiger charge is -2.20. The zero-order chi connectivity index (χ0) is 28.1. The molecule has 0 radical (unpaired) electrons. The second-order valence-electron chi connectivity index (χ2n) is 9.82. The standard InChI is InChI=1S/C31H40N2O5S/c1-3-4-5-6-7-8-9-10-11-30(31(35)33-32-25-14-12-24(2)13-15-25)38-27-18-22-29(23-19-27)39(36,37)28-20-16-26(34)17-21-28/h12-23,30,32,34H,3-11H2,1-2H3,(H,33,35). The zero-order valence-corrected chi connectivity index (χ0v) is 23.7. The van der Waals surface area contributed by atoms with E-state index < -0.39 is 15.9 Å². The number of unbranched alkanes of at least 4 members (excludes halogenated alkanes) is 7. The van der Waals surface area contributed by atoms with Crippen molar-refractivity contribution in [3.05, 3.63) is 78.4 Å². The minimum atomic E-state index is -3.74. The molecule has 1 unspecified atom stereocenters. The molecule has 0 aliphatic carbocycles. The number of anilines is 1. The third-order valence-electron chi connectivity index (χ3n) is 6.55. The molecule has 0 bridgehead atoms. The van der Waals surface area contributed by atoms with E-state index in [0.29, 0.717) is 12.2 Å². The van der Waals surface area contributed by atoms with Gasteiger partial charge >= 0.3 is 0 Å². The van der Waals surface area contributed by atoms with E-state index in [9.17, 15) is 18.3 Å². The van der Waals surface area contributed by atoms with E-state index >= 15 is 0 Å². The number of aryl methyl sites for hydroxylation is 1. The summed E-state index contributed by atoms with van der Waals surface area (Å²) in [6, 6.07) is 19.1. The van der Waals surface area contributed by atoms with Crippen LogP contribution in [0, 0.1) is 6.92 Å². The van der Waals surface area contributed by atoms with E-state index in [1.54, 1.807) is 12.1 Å². The fraction of sp³-hybridized carbons (Fsp3) is 0.387. The fourth-order valence-corrected chi connectivity index (χ4v) is 5.44. The van der Waals surface area contributed by atoms with Crippen LogP contribution in [0.5, 0.6) is 11.5 Å². The van der Waals surface area contributed by atoms with Crippen molar-refractivity contribution in [2.45, 2.75) is 87.5 Å². The Balaban J connectivity index is 1.62. The molecule has 210 valence electrons. The second kappa shape index (κ2) is 15.2. The number of sulfone groups is 1. The number of phenolic OH excluding ortho intramolecular Hbond substituents is 1. The van der Waals surface area contributed by atoms with Crippen LogP contribution in [0.15, 0.2) is 82.6 Å². The molecule has 0 saturated heterocycles. The van der Waals surface area contributed by atoms with Crippen molar-refractivity contribution < 1.29 is 23.1 Å². The molecule has 3 aromatic carbocycles. The normalized spacial score (nSPS) is 12.1. The van der Waals surface area contributed by atoms with Gasteiger partial charge in [0.15, 0.2) is 6.10 Å². The summed E-state index contributed by atoms with van der Waals surface area (Å²) in [5.74, 6) is 0.115. The third kappa shape index (κ3) is 9.62. The Morgan fingerprint density at radius 2 is 1.33 bits per heavy atom. The van der Waals surface area contributed by atoms with E-state index in [2.05, 4.69) is 17.8 Å². The molecule has 0 fully saturated rings. The number of hydrogen-bond acceptors (Lipinski definition) is 6. The van der Waals surface area contributed by atoms with Crippen molar-refractivity contribution in [3.63, 3.8) is 0 Å². The van der Waals surface area contributed by atoms with Gasteiger partial charge in [0.05, 0.1) is 15.5 Å². The van der Waals surface area contributed by atoms with Gasteiger partial charge in [-0.05, 0) is 80.4 Å². The summed E-state index contributed by atoms with van der Waals surface area (Å²) in [4.78, 5) is 13.2. The van der Waals surface area contributed by atoms with E-state index in [0.717, 1.165) is 30.5 Å². The molecule has 0 heterocycles. The molecule has 7 nitrogen and oxygen atoms in total. The van der Waals surface area contributed by atoms with Gasteiger partial charge in [-0.2, -0.15) is 0 Å². The van der Waals surface area contributed by atoms with Crippen LogP contribution in [0.25, 0.3) is 0 Å². The highest BCUT2D eigenvalue weighted by Crippen LogP contribution is 2.25. The van der Waals surface area contributed by atoms with E-state index in [1.807, 2.05) is 31.2 Å². The van der Waals surface area contributed by atoms with Crippen molar-refractivity contribution in [2.75, 3.05) is 5.43 Å². The number of carbonyl (C=O) groups excluding carboxylic acids is 1. The van der Waals surface area contributed by atoms with Gasteiger partial charge in [0, 0.05) is 0 Å². The average molecular weight is 553 g/mol. The molecule has 3 rings (SSSR count). The van der Waals surface area contributed by atoms with Crippen LogP contribution in [-0.4, -0.2) is 25.5 Å². The largest absolute Gasteiger partial charge is 0.508 e. The lowest BCUT2D eigenvalue weighted by Crippen LogP contribution is -2.41. The van der Waals surface area contributed by atoms with Gasteiger partial charge in [-0.1, -0.05) is 69.6 Å². The van der Waals surface area contributed by atoms with Gasteiger partial charge in [-0.15, -0.1) is 0 Å². The van der Waals surface area contributed by atoms with Gasteiger partial charge < -0.3 is 9.84 Å². The predicted molar refractivity (Wildman–Crippen MR) is 155 cm³/mol. The van der Waals surface area contributed by atoms with E-state index in [4.69, 9.17) is 4.74 Å². The fourth-order valence-electron chi connectivity index (χ4n) is 4.18.